The molecule has 2 aromatic rings. The minimum Gasteiger partial charge on any atom is -0.489 e. The number of carbonyl (C=O) groups is 1. The third kappa shape index (κ3) is 4.40. The summed E-state index contributed by atoms with van der Waals surface area (Å²) in [4.78, 5) is 16.1. The van der Waals surface area contributed by atoms with Gasteiger partial charge in [-0.1, -0.05) is 12.7 Å². The summed E-state index contributed by atoms with van der Waals surface area (Å²) in [7, 11) is 0. The highest BCUT2D eigenvalue weighted by molar-refractivity contribution is 5.90. The number of ether oxygens (including phenoxy) is 2. The summed E-state index contributed by atoms with van der Waals surface area (Å²) >= 11 is 0. The number of nitrogens with one attached hydrogen (secondary N) is 2. The van der Waals surface area contributed by atoms with E-state index in [-0.39, 0.29) is 24.7 Å². The molecule has 2 fully saturated rings. The summed E-state index contributed by atoms with van der Waals surface area (Å²) in [5.74, 6) is -2.50. The van der Waals surface area contributed by atoms with E-state index >= 15 is 0 Å². The molecule has 0 spiro atoms. The molecule has 160 valence electrons. The molecule has 4 rings (SSSR count). The van der Waals surface area contributed by atoms with E-state index in [9.17, 15) is 18.0 Å². The number of benzene rings is 1. The van der Waals surface area contributed by atoms with Crippen LogP contribution in [0.3, 0.4) is 0 Å². The molecule has 1 aromatic carbocycles. The number of fused-ring (bicyclic) bond motifs is 1. The van der Waals surface area contributed by atoms with Crippen LogP contribution in [0.2, 0.25) is 0 Å². The van der Waals surface area contributed by atoms with Crippen molar-refractivity contribution in [3.05, 3.63) is 90.3 Å². The van der Waals surface area contributed by atoms with Crippen molar-refractivity contribution >= 4 is 11.7 Å². The van der Waals surface area contributed by atoms with Gasteiger partial charge in [0.05, 0.1) is 17.6 Å². The maximum atomic E-state index is 13.7. The van der Waals surface area contributed by atoms with Crippen LogP contribution in [0.25, 0.3) is 0 Å². The molecule has 1 aliphatic carbocycles. The van der Waals surface area contributed by atoms with Gasteiger partial charge in [0.15, 0.2) is 11.6 Å². The highest BCUT2D eigenvalue weighted by Gasteiger charge is 2.61. The van der Waals surface area contributed by atoms with E-state index in [1.807, 2.05) is 6.08 Å². The highest BCUT2D eigenvalue weighted by atomic mass is 19.2. The maximum Gasteiger partial charge on any atom is 0.319 e. The molecule has 3 atom stereocenters. The molecule has 1 aliphatic heterocycles. The lowest BCUT2D eigenvalue weighted by Gasteiger charge is -2.13. The van der Waals surface area contributed by atoms with Gasteiger partial charge in [-0.05, 0) is 24.3 Å². The number of amides is 2. The molecule has 0 unspecified atom stereocenters. The summed E-state index contributed by atoms with van der Waals surface area (Å²) in [6.45, 7) is 3.94. The zero-order valence-electron chi connectivity index (χ0n) is 16.1. The Morgan fingerprint density at radius 3 is 2.68 bits per heavy atom. The summed E-state index contributed by atoms with van der Waals surface area (Å²) in [6, 6.07) is 3.31. The molecule has 9 heteroatoms. The van der Waals surface area contributed by atoms with Gasteiger partial charge in [-0.3, -0.25) is 4.98 Å². The monoisotopic (exact) mass is 429 g/mol. The number of rotatable bonds is 6. The second-order valence-corrected chi connectivity index (χ2v) is 6.90. The van der Waals surface area contributed by atoms with Crippen LogP contribution in [0.15, 0.2) is 72.8 Å². The number of nitrogens with zero attached hydrogens (tertiary/aromatic N) is 1. The number of hydrogen-bond acceptors (Lipinski definition) is 4. The lowest BCUT2D eigenvalue weighted by atomic mass is 10.1. The van der Waals surface area contributed by atoms with Gasteiger partial charge in [-0.15, -0.1) is 0 Å². The Kier molecular flexibility index (Phi) is 5.66. The van der Waals surface area contributed by atoms with Gasteiger partial charge in [0.25, 0.3) is 0 Å². The summed E-state index contributed by atoms with van der Waals surface area (Å²) in [5, 5.41) is 4.85. The molecule has 2 N–H and O–H groups in total. The van der Waals surface area contributed by atoms with Crippen molar-refractivity contribution in [2.24, 2.45) is 5.92 Å². The lowest BCUT2D eigenvalue weighted by molar-refractivity contribution is 0.210. The average molecular weight is 429 g/mol. The van der Waals surface area contributed by atoms with E-state index in [4.69, 9.17) is 9.47 Å². The lowest BCUT2D eigenvalue weighted by Crippen LogP contribution is -2.34. The van der Waals surface area contributed by atoms with E-state index in [2.05, 4.69) is 22.2 Å². The zero-order chi connectivity index (χ0) is 22.0. The first-order valence-corrected chi connectivity index (χ1v) is 9.42. The number of hydrogen-bond donors (Lipinski definition) is 2. The third-order valence-corrected chi connectivity index (χ3v) is 4.89. The number of urea groups is 1. The molecule has 1 saturated carbocycles. The third-order valence-electron chi connectivity index (χ3n) is 4.89. The van der Waals surface area contributed by atoms with Crippen LogP contribution in [0.5, 0.6) is 5.75 Å². The van der Waals surface area contributed by atoms with Crippen LogP contribution in [0.1, 0.15) is 0 Å². The zero-order valence-corrected chi connectivity index (χ0v) is 16.1. The average Bonchev–Trinajstić information content (AvgIpc) is 3.26. The fourth-order valence-corrected chi connectivity index (χ4v) is 3.42. The van der Waals surface area contributed by atoms with Crippen molar-refractivity contribution < 1.29 is 27.4 Å². The molecule has 2 heterocycles. The largest absolute Gasteiger partial charge is 0.489 e. The van der Waals surface area contributed by atoms with Crippen LogP contribution in [0.4, 0.5) is 23.7 Å². The van der Waals surface area contributed by atoms with E-state index < -0.39 is 29.2 Å². The maximum absolute atomic E-state index is 13.7. The fraction of sp³-hybridized carbons (Fsp3) is 0.182. The minimum absolute atomic E-state index is 0.118. The van der Waals surface area contributed by atoms with Gasteiger partial charge in [0.1, 0.15) is 30.0 Å². The Balaban J connectivity index is 1.39. The normalized spacial score (nSPS) is 23.8. The van der Waals surface area contributed by atoms with Crippen LogP contribution in [-0.2, 0) is 4.74 Å². The molecule has 1 aromatic heterocycles. The Morgan fingerprint density at radius 1 is 1.19 bits per heavy atom. The number of aromatic nitrogens is 1. The van der Waals surface area contributed by atoms with Gasteiger partial charge < -0.3 is 20.1 Å². The van der Waals surface area contributed by atoms with E-state index in [0.717, 1.165) is 5.57 Å². The summed E-state index contributed by atoms with van der Waals surface area (Å²) < 4.78 is 51.6. The van der Waals surface area contributed by atoms with E-state index in [1.165, 1.54) is 0 Å². The Labute approximate surface area is 176 Å². The predicted octanol–water partition coefficient (Wildman–Crippen LogP) is 4.09. The summed E-state index contributed by atoms with van der Waals surface area (Å²) in [5.41, 5.74) is 0.389. The molecule has 0 radical (unpaired) electrons. The standard InChI is InChI=1S/C22H18F3N3O3/c1-2-3-18-13(6-9-30-12-4-7-26-8-5-12)19-20(21(19)31-18)28-22(29)27-17-11-15(24)14(23)10-16(17)25/h2-8,10-11,19-21H,1,9H2,(H2,27,28,29)/b13-6+,18-3+/t19-,20+,21-/m0/s1. The number of anilines is 1. The van der Waals surface area contributed by atoms with Crippen molar-refractivity contribution in [3.63, 3.8) is 0 Å². The molecule has 2 amide bonds. The molecule has 31 heavy (non-hydrogen) atoms. The second kappa shape index (κ2) is 8.55. The van der Waals surface area contributed by atoms with Crippen LogP contribution in [-0.4, -0.2) is 29.8 Å². The first-order chi connectivity index (χ1) is 15.0. The molecular weight excluding hydrogens is 411 g/mol. The quantitative estimate of drug-likeness (QED) is 0.679. The van der Waals surface area contributed by atoms with Crippen molar-refractivity contribution in [1.82, 2.24) is 10.3 Å². The molecule has 1 saturated heterocycles. The molecule has 0 bridgehead atoms. The van der Waals surface area contributed by atoms with Gasteiger partial charge in [0, 0.05) is 30.1 Å². The Hall–Kier alpha value is -3.75. The first-order valence-electron chi connectivity index (χ1n) is 9.42. The number of halogens is 3. The first kappa shape index (κ1) is 20.5. The number of pyridine rings is 1. The van der Waals surface area contributed by atoms with Gasteiger partial charge in [0.2, 0.25) is 0 Å². The smallest absolute Gasteiger partial charge is 0.319 e. The SMILES string of the molecule is C=C/C=C1/O[C@@H]2[C@H](NC(=O)Nc3cc(F)c(F)cc3F)[C@@H]2/C1=C/COc1ccncc1. The molecule has 2 aliphatic rings. The predicted molar refractivity (Wildman–Crippen MR) is 107 cm³/mol. The molecular formula is C22H18F3N3O3. The van der Waals surface area contributed by atoms with Gasteiger partial charge in [-0.2, -0.15) is 0 Å². The van der Waals surface area contributed by atoms with Crippen molar-refractivity contribution in [1.29, 1.82) is 0 Å². The molecule has 6 nitrogen and oxygen atoms in total. The topological polar surface area (TPSA) is 72.5 Å². The van der Waals surface area contributed by atoms with Crippen LogP contribution < -0.4 is 15.4 Å². The number of allylic oxidation sites excluding steroid dienone is 3. The Morgan fingerprint density at radius 2 is 1.94 bits per heavy atom. The fourth-order valence-electron chi connectivity index (χ4n) is 3.42. The van der Waals surface area contributed by atoms with E-state index in [0.29, 0.717) is 23.6 Å². The number of carbonyl (C=O) groups excluding carboxylic acids is 1. The van der Waals surface area contributed by atoms with E-state index in [1.54, 1.807) is 36.7 Å². The van der Waals surface area contributed by atoms with Crippen LogP contribution in [0, 0.1) is 23.4 Å². The van der Waals surface area contributed by atoms with Crippen molar-refractivity contribution in [2.45, 2.75) is 12.1 Å². The van der Waals surface area contributed by atoms with Gasteiger partial charge >= 0.3 is 6.03 Å². The highest BCUT2D eigenvalue weighted by Crippen LogP contribution is 2.51. The van der Waals surface area contributed by atoms with Crippen molar-refractivity contribution in [2.75, 3.05) is 11.9 Å². The van der Waals surface area contributed by atoms with Crippen LogP contribution >= 0.6 is 0 Å². The summed E-state index contributed by atoms with van der Waals surface area (Å²) in [6.07, 6.45) is 8.12. The minimum atomic E-state index is -1.33. The Bertz CT molecular complexity index is 1070. The second-order valence-electron chi connectivity index (χ2n) is 6.90. The van der Waals surface area contributed by atoms with Gasteiger partial charge in [-0.25, -0.2) is 18.0 Å². The van der Waals surface area contributed by atoms with Crippen molar-refractivity contribution in [3.8, 4) is 5.75 Å².